The zero-order valence-corrected chi connectivity index (χ0v) is 31.5. The lowest BCUT2D eigenvalue weighted by molar-refractivity contribution is -0.0277. The van der Waals surface area contributed by atoms with E-state index in [9.17, 15) is 4.79 Å². The lowest BCUT2D eigenvalue weighted by atomic mass is 10.2. The number of rotatable bonds is 41. The molecule has 0 N–H and O–H groups in total. The van der Waals surface area contributed by atoms with Gasteiger partial charge < -0.3 is 56.8 Å². The zero-order chi connectivity index (χ0) is 35.0. The third-order valence-corrected chi connectivity index (χ3v) is 7.17. The summed E-state index contributed by atoms with van der Waals surface area (Å²) in [5.74, 6) is 0.705. The van der Waals surface area contributed by atoms with Gasteiger partial charge in [-0.15, -0.1) is 0 Å². The van der Waals surface area contributed by atoms with Crippen LogP contribution in [-0.2, 0) is 52.1 Å². The quantitative estimate of drug-likeness (QED) is 0.0409. The van der Waals surface area contributed by atoms with E-state index in [2.05, 4.69) is 22.6 Å². The molecule has 0 unspecified atom stereocenters. The molecule has 0 radical (unpaired) electrons. The number of benzene rings is 1. The van der Waals surface area contributed by atoms with Gasteiger partial charge in [-0.25, -0.2) is 0 Å². The van der Waals surface area contributed by atoms with E-state index in [1.54, 1.807) is 24.3 Å². The molecule has 0 fully saturated rings. The molecule has 0 saturated carbocycles. The maximum absolute atomic E-state index is 10.6. The number of halogens is 1. The number of hydrogen-bond acceptors (Lipinski definition) is 13. The minimum atomic E-state index is 0.432. The van der Waals surface area contributed by atoms with Gasteiger partial charge in [0.25, 0.3) is 0 Å². The Balaban J connectivity index is 1.62. The molecule has 0 amide bonds. The molecular weight excluding hydrogens is 755 g/mol. The molecular formula is C35H61IO13. The average molecular weight is 817 g/mol. The van der Waals surface area contributed by atoms with E-state index in [4.69, 9.17) is 56.8 Å². The third-order valence-electron chi connectivity index (χ3n) is 6.40. The summed E-state index contributed by atoms with van der Waals surface area (Å²) >= 11 is 2.42. The highest BCUT2D eigenvalue weighted by Crippen LogP contribution is 2.10. The predicted molar refractivity (Wildman–Crippen MR) is 194 cm³/mol. The van der Waals surface area contributed by atoms with Gasteiger partial charge in [-0.2, -0.15) is 0 Å². The van der Waals surface area contributed by atoms with Gasteiger partial charge in [-0.1, -0.05) is 35.4 Å². The molecule has 13 nitrogen and oxygen atoms in total. The third kappa shape index (κ3) is 35.2. The lowest BCUT2D eigenvalue weighted by Gasteiger charge is -2.09. The molecule has 0 aromatic heterocycles. The second-order valence-corrected chi connectivity index (χ2v) is 11.5. The van der Waals surface area contributed by atoms with Crippen molar-refractivity contribution in [2.45, 2.75) is 25.7 Å². The summed E-state index contributed by atoms with van der Waals surface area (Å²) in [6.07, 6.45) is 5.77. The summed E-state index contributed by atoms with van der Waals surface area (Å²) < 4.78 is 67.2. The summed E-state index contributed by atoms with van der Waals surface area (Å²) in [5, 5.41) is 0. The maximum atomic E-state index is 10.6. The Morgan fingerprint density at radius 3 is 0.959 bits per heavy atom. The zero-order valence-electron chi connectivity index (χ0n) is 29.4. The molecule has 286 valence electrons. The standard InChI is InChI=1S/C35H61IO13/c36-9-3-1-2-4-10-38-11-12-39-13-14-40-15-16-41-17-18-42-19-20-43-21-22-44-23-24-45-25-26-46-27-28-47-29-30-48-31-32-49-35-7-5-34(33-37)6-8-35/h5-8,33H,1-4,9-32H2. The maximum Gasteiger partial charge on any atom is 0.150 e. The van der Waals surface area contributed by atoms with Crippen LogP contribution in [0.1, 0.15) is 36.0 Å². The molecule has 14 heteroatoms. The highest BCUT2D eigenvalue weighted by Gasteiger charge is 1.98. The number of unbranched alkanes of at least 4 members (excludes halogenated alkanes) is 3. The van der Waals surface area contributed by atoms with Crippen molar-refractivity contribution >= 4 is 28.9 Å². The molecule has 0 spiro atoms. The van der Waals surface area contributed by atoms with Crippen molar-refractivity contribution < 1.29 is 61.6 Å². The van der Waals surface area contributed by atoms with Crippen LogP contribution in [0.5, 0.6) is 5.75 Å². The van der Waals surface area contributed by atoms with E-state index in [1.807, 2.05) is 0 Å². The lowest BCUT2D eigenvalue weighted by Crippen LogP contribution is -2.15. The number of ether oxygens (including phenoxy) is 12. The van der Waals surface area contributed by atoms with E-state index >= 15 is 0 Å². The number of carbonyl (C=O) groups excluding carboxylic acids is 1. The van der Waals surface area contributed by atoms with Gasteiger partial charge in [-0.3, -0.25) is 4.79 Å². The van der Waals surface area contributed by atoms with Gasteiger partial charge in [0, 0.05) is 12.2 Å². The summed E-state index contributed by atoms with van der Waals surface area (Å²) in [5.41, 5.74) is 0.619. The van der Waals surface area contributed by atoms with Crippen molar-refractivity contribution in [3.8, 4) is 5.75 Å². The molecule has 0 heterocycles. The van der Waals surface area contributed by atoms with Gasteiger partial charge in [0.05, 0.1) is 139 Å². The van der Waals surface area contributed by atoms with Gasteiger partial charge in [-0.05, 0) is 41.5 Å². The minimum Gasteiger partial charge on any atom is -0.491 e. The second-order valence-electron chi connectivity index (χ2n) is 10.4. The highest BCUT2D eigenvalue weighted by atomic mass is 127. The first kappa shape index (κ1) is 46.0. The monoisotopic (exact) mass is 816 g/mol. The Bertz CT molecular complexity index is 791. The number of hydrogen-bond donors (Lipinski definition) is 0. The summed E-state index contributed by atoms with van der Waals surface area (Å²) in [4.78, 5) is 10.6. The molecule has 0 bridgehead atoms. The molecule has 0 aliphatic carbocycles. The summed E-state index contributed by atoms with van der Waals surface area (Å²) in [6, 6.07) is 6.94. The smallest absolute Gasteiger partial charge is 0.150 e. The van der Waals surface area contributed by atoms with Crippen LogP contribution in [0.15, 0.2) is 24.3 Å². The summed E-state index contributed by atoms with van der Waals surface area (Å²) in [7, 11) is 0. The van der Waals surface area contributed by atoms with E-state index < -0.39 is 0 Å². The van der Waals surface area contributed by atoms with Crippen molar-refractivity contribution in [1.29, 1.82) is 0 Å². The Hall–Kier alpha value is -1.02. The summed E-state index contributed by atoms with van der Waals surface area (Å²) in [6.45, 7) is 12.2. The van der Waals surface area contributed by atoms with Crippen LogP contribution in [0.25, 0.3) is 0 Å². The topological polar surface area (TPSA) is 128 Å². The number of aldehydes is 1. The average Bonchev–Trinajstić information content (AvgIpc) is 3.13. The molecule has 1 rings (SSSR count). The SMILES string of the molecule is O=Cc1ccc(OCCOCCOCCOCCOCCOCCOCCOCCOCCOCCOCCOCCCCCCI)cc1. The molecule has 0 atom stereocenters. The van der Waals surface area contributed by atoms with Gasteiger partial charge in [0.1, 0.15) is 18.6 Å². The van der Waals surface area contributed by atoms with Crippen LogP contribution in [-0.4, -0.2) is 163 Å². The predicted octanol–water partition coefficient (Wildman–Crippen LogP) is 4.06. The molecule has 0 aliphatic heterocycles. The molecule has 49 heavy (non-hydrogen) atoms. The molecule has 1 aromatic carbocycles. The number of carbonyl (C=O) groups is 1. The van der Waals surface area contributed by atoms with E-state index in [-0.39, 0.29) is 0 Å². The van der Waals surface area contributed by atoms with Crippen LogP contribution in [0.3, 0.4) is 0 Å². The Morgan fingerprint density at radius 1 is 0.367 bits per heavy atom. The van der Waals surface area contributed by atoms with E-state index in [1.165, 1.54) is 23.7 Å². The van der Waals surface area contributed by atoms with Crippen LogP contribution < -0.4 is 4.74 Å². The first-order chi connectivity index (χ1) is 24.4. The van der Waals surface area contributed by atoms with Crippen molar-refractivity contribution in [3.63, 3.8) is 0 Å². The molecule has 1 aromatic rings. The largest absolute Gasteiger partial charge is 0.491 e. The van der Waals surface area contributed by atoms with Gasteiger partial charge in [0.2, 0.25) is 0 Å². The Kier molecular flexibility index (Phi) is 37.3. The van der Waals surface area contributed by atoms with E-state index in [0.29, 0.717) is 157 Å². The minimum absolute atomic E-state index is 0.432. The van der Waals surface area contributed by atoms with Gasteiger partial charge in [0.15, 0.2) is 0 Å². The van der Waals surface area contributed by atoms with Crippen LogP contribution in [0.4, 0.5) is 0 Å². The van der Waals surface area contributed by atoms with Crippen molar-refractivity contribution in [1.82, 2.24) is 0 Å². The number of alkyl halides is 1. The van der Waals surface area contributed by atoms with Crippen molar-refractivity contribution in [3.05, 3.63) is 29.8 Å². The molecule has 0 aliphatic rings. The first-order valence-corrected chi connectivity index (χ1v) is 19.0. The first-order valence-electron chi connectivity index (χ1n) is 17.5. The van der Waals surface area contributed by atoms with Crippen LogP contribution >= 0.6 is 22.6 Å². The van der Waals surface area contributed by atoms with Crippen LogP contribution in [0, 0.1) is 0 Å². The Labute approximate surface area is 307 Å². The van der Waals surface area contributed by atoms with E-state index in [0.717, 1.165) is 19.3 Å². The fraction of sp³-hybridized carbons (Fsp3) is 0.800. The van der Waals surface area contributed by atoms with Crippen LogP contribution in [0.2, 0.25) is 0 Å². The van der Waals surface area contributed by atoms with Crippen molar-refractivity contribution in [2.75, 3.05) is 156 Å². The Morgan fingerprint density at radius 2 is 0.653 bits per heavy atom. The van der Waals surface area contributed by atoms with Crippen molar-refractivity contribution in [2.24, 2.45) is 0 Å². The molecule has 0 saturated heterocycles. The second kappa shape index (κ2) is 39.8. The highest BCUT2D eigenvalue weighted by molar-refractivity contribution is 14.1. The normalized spacial score (nSPS) is 11.4. The van der Waals surface area contributed by atoms with Gasteiger partial charge >= 0.3 is 0 Å². The fourth-order valence-electron chi connectivity index (χ4n) is 3.81. The fourth-order valence-corrected chi connectivity index (χ4v) is 4.35.